The van der Waals surface area contributed by atoms with Crippen molar-refractivity contribution in [3.63, 3.8) is 0 Å². The van der Waals surface area contributed by atoms with Gasteiger partial charge in [0.1, 0.15) is 0 Å². The molecule has 0 aliphatic carbocycles. The van der Waals surface area contributed by atoms with Crippen LogP contribution in [0.1, 0.15) is 46.8 Å². The molecule has 3 rings (SSSR count). The SMILES string of the molecule is CCc1ccc(C(=O)NC(=NCC2CCCO2)Nc2cc(C)ccc2C)cc1. The molecule has 148 valence electrons. The Morgan fingerprint density at radius 2 is 1.96 bits per heavy atom. The summed E-state index contributed by atoms with van der Waals surface area (Å²) in [5.41, 5.74) is 5.00. The zero-order valence-electron chi connectivity index (χ0n) is 16.9. The Balaban J connectivity index is 1.77. The molecular weight excluding hydrogens is 350 g/mol. The lowest BCUT2D eigenvalue weighted by atomic mass is 10.1. The predicted octanol–water partition coefficient (Wildman–Crippen LogP) is 4.24. The van der Waals surface area contributed by atoms with Crippen LogP contribution in [0.15, 0.2) is 47.5 Å². The third kappa shape index (κ3) is 5.42. The molecule has 1 aliphatic rings. The van der Waals surface area contributed by atoms with Gasteiger partial charge in [0.25, 0.3) is 5.91 Å². The molecular formula is C23H29N3O2. The Hall–Kier alpha value is -2.66. The number of carbonyl (C=O) groups excluding carboxylic acids is 1. The normalized spacial score (nSPS) is 16.8. The first-order valence-electron chi connectivity index (χ1n) is 9.95. The summed E-state index contributed by atoms with van der Waals surface area (Å²) in [7, 11) is 0. The van der Waals surface area contributed by atoms with Gasteiger partial charge in [-0.2, -0.15) is 0 Å². The second-order valence-corrected chi connectivity index (χ2v) is 7.27. The van der Waals surface area contributed by atoms with Crippen molar-refractivity contribution in [1.29, 1.82) is 0 Å². The highest BCUT2D eigenvalue weighted by atomic mass is 16.5. The number of aryl methyl sites for hydroxylation is 3. The number of guanidine groups is 1. The van der Waals surface area contributed by atoms with Crippen LogP contribution < -0.4 is 10.6 Å². The maximum atomic E-state index is 12.7. The van der Waals surface area contributed by atoms with Gasteiger partial charge in [0.05, 0.1) is 12.6 Å². The van der Waals surface area contributed by atoms with Crippen molar-refractivity contribution in [1.82, 2.24) is 5.32 Å². The van der Waals surface area contributed by atoms with E-state index in [-0.39, 0.29) is 12.0 Å². The van der Waals surface area contributed by atoms with Crippen molar-refractivity contribution in [3.05, 3.63) is 64.7 Å². The topological polar surface area (TPSA) is 62.7 Å². The number of amides is 1. The van der Waals surface area contributed by atoms with Crippen molar-refractivity contribution >= 4 is 17.6 Å². The lowest BCUT2D eigenvalue weighted by Crippen LogP contribution is -2.37. The summed E-state index contributed by atoms with van der Waals surface area (Å²) >= 11 is 0. The molecule has 0 bridgehead atoms. The number of hydrogen-bond acceptors (Lipinski definition) is 3. The molecule has 0 saturated carbocycles. The molecule has 0 radical (unpaired) electrons. The van der Waals surface area contributed by atoms with E-state index in [1.807, 2.05) is 38.1 Å². The van der Waals surface area contributed by atoms with Gasteiger partial charge in [-0.25, -0.2) is 4.99 Å². The third-order valence-electron chi connectivity index (χ3n) is 4.98. The monoisotopic (exact) mass is 379 g/mol. The fourth-order valence-corrected chi connectivity index (χ4v) is 3.16. The number of nitrogens with one attached hydrogen (secondary N) is 2. The van der Waals surface area contributed by atoms with Crippen molar-refractivity contribution in [2.75, 3.05) is 18.5 Å². The molecule has 5 nitrogen and oxygen atoms in total. The molecule has 1 unspecified atom stereocenters. The van der Waals surface area contributed by atoms with Gasteiger partial charge in [-0.05, 0) is 68.0 Å². The highest BCUT2D eigenvalue weighted by Gasteiger charge is 2.16. The molecule has 28 heavy (non-hydrogen) atoms. The van der Waals surface area contributed by atoms with Crippen LogP contribution in [0.25, 0.3) is 0 Å². The van der Waals surface area contributed by atoms with Gasteiger partial charge < -0.3 is 10.1 Å². The van der Waals surface area contributed by atoms with Crippen LogP contribution in [0.3, 0.4) is 0 Å². The van der Waals surface area contributed by atoms with Gasteiger partial charge in [0.2, 0.25) is 5.96 Å². The number of rotatable bonds is 5. The van der Waals surface area contributed by atoms with E-state index in [9.17, 15) is 4.79 Å². The number of anilines is 1. The largest absolute Gasteiger partial charge is 0.376 e. The average molecular weight is 380 g/mol. The fourth-order valence-electron chi connectivity index (χ4n) is 3.16. The number of ether oxygens (including phenoxy) is 1. The summed E-state index contributed by atoms with van der Waals surface area (Å²) in [5, 5.41) is 6.23. The van der Waals surface area contributed by atoms with E-state index in [0.717, 1.165) is 42.7 Å². The highest BCUT2D eigenvalue weighted by Crippen LogP contribution is 2.17. The van der Waals surface area contributed by atoms with Gasteiger partial charge in [-0.3, -0.25) is 10.1 Å². The molecule has 0 spiro atoms. The maximum Gasteiger partial charge on any atom is 0.257 e. The number of hydrogen-bond donors (Lipinski definition) is 2. The summed E-state index contributed by atoms with van der Waals surface area (Å²) in [6.07, 6.45) is 3.14. The number of nitrogens with zero attached hydrogens (tertiary/aromatic N) is 1. The van der Waals surface area contributed by atoms with E-state index < -0.39 is 0 Å². The van der Waals surface area contributed by atoms with E-state index in [0.29, 0.717) is 18.1 Å². The van der Waals surface area contributed by atoms with Crippen molar-refractivity contribution < 1.29 is 9.53 Å². The lowest BCUT2D eigenvalue weighted by Gasteiger charge is -2.15. The zero-order chi connectivity index (χ0) is 19.9. The smallest absolute Gasteiger partial charge is 0.257 e. The summed E-state index contributed by atoms with van der Waals surface area (Å²) in [4.78, 5) is 17.3. The first-order valence-corrected chi connectivity index (χ1v) is 9.95. The summed E-state index contributed by atoms with van der Waals surface area (Å²) < 4.78 is 5.66. The van der Waals surface area contributed by atoms with Crippen molar-refractivity contribution in [3.8, 4) is 0 Å². The van der Waals surface area contributed by atoms with Gasteiger partial charge in [0.15, 0.2) is 0 Å². The molecule has 2 N–H and O–H groups in total. The number of carbonyl (C=O) groups is 1. The van der Waals surface area contributed by atoms with Gasteiger partial charge in [-0.15, -0.1) is 0 Å². The van der Waals surface area contributed by atoms with E-state index in [1.165, 1.54) is 5.56 Å². The summed E-state index contributed by atoms with van der Waals surface area (Å²) in [5.74, 6) is 0.278. The molecule has 2 aromatic carbocycles. The zero-order valence-corrected chi connectivity index (χ0v) is 16.9. The molecule has 1 amide bonds. The Kier molecular flexibility index (Phi) is 6.82. The van der Waals surface area contributed by atoms with Gasteiger partial charge in [-0.1, -0.05) is 31.2 Å². The molecule has 1 heterocycles. The van der Waals surface area contributed by atoms with Crippen LogP contribution in [-0.2, 0) is 11.2 Å². The Labute approximate surface area is 167 Å². The first kappa shape index (κ1) is 20.1. The van der Waals surface area contributed by atoms with Crippen LogP contribution in [0, 0.1) is 13.8 Å². The number of benzene rings is 2. The van der Waals surface area contributed by atoms with Crippen LogP contribution in [-0.4, -0.2) is 31.1 Å². The maximum absolute atomic E-state index is 12.7. The predicted molar refractivity (Wildman–Crippen MR) is 114 cm³/mol. The lowest BCUT2D eigenvalue weighted by molar-refractivity contribution is 0.0975. The van der Waals surface area contributed by atoms with Gasteiger partial charge >= 0.3 is 0 Å². The van der Waals surface area contributed by atoms with Gasteiger partial charge in [0, 0.05) is 17.9 Å². The second kappa shape index (κ2) is 9.51. The molecule has 0 aromatic heterocycles. The van der Waals surface area contributed by atoms with Crippen molar-refractivity contribution in [2.24, 2.45) is 4.99 Å². The Morgan fingerprint density at radius 1 is 1.18 bits per heavy atom. The van der Waals surface area contributed by atoms with E-state index >= 15 is 0 Å². The molecule has 1 atom stereocenters. The Morgan fingerprint density at radius 3 is 2.64 bits per heavy atom. The van der Waals surface area contributed by atoms with Crippen LogP contribution in [0.5, 0.6) is 0 Å². The van der Waals surface area contributed by atoms with Crippen molar-refractivity contribution in [2.45, 2.75) is 46.1 Å². The molecule has 1 fully saturated rings. The van der Waals surface area contributed by atoms with E-state index in [1.54, 1.807) is 0 Å². The highest BCUT2D eigenvalue weighted by molar-refractivity contribution is 6.10. The average Bonchev–Trinajstić information content (AvgIpc) is 3.22. The summed E-state index contributed by atoms with van der Waals surface area (Å²) in [6, 6.07) is 13.8. The summed E-state index contributed by atoms with van der Waals surface area (Å²) in [6.45, 7) is 7.49. The number of aliphatic imine (C=N–C) groups is 1. The second-order valence-electron chi connectivity index (χ2n) is 7.27. The van der Waals surface area contributed by atoms with Crippen LogP contribution in [0.4, 0.5) is 5.69 Å². The standard InChI is InChI=1S/C23H29N3O2/c1-4-18-9-11-19(12-10-18)22(27)26-23(24-15-20-6-5-13-28-20)25-21-14-16(2)7-8-17(21)3/h7-12,14,20H,4-6,13,15H2,1-3H3,(H2,24,25,26,27). The fraction of sp³-hybridized carbons (Fsp3) is 0.391. The minimum Gasteiger partial charge on any atom is -0.376 e. The van der Waals surface area contributed by atoms with E-state index in [4.69, 9.17) is 4.74 Å². The van der Waals surface area contributed by atoms with Crippen LogP contribution in [0.2, 0.25) is 0 Å². The molecule has 1 aliphatic heterocycles. The third-order valence-corrected chi connectivity index (χ3v) is 4.98. The van der Waals surface area contributed by atoms with Crippen LogP contribution >= 0.6 is 0 Å². The molecule has 2 aromatic rings. The first-order chi connectivity index (χ1) is 13.5. The minimum atomic E-state index is -0.174. The molecule has 1 saturated heterocycles. The van der Waals surface area contributed by atoms with E-state index in [2.05, 4.69) is 40.7 Å². The molecule has 5 heteroatoms. The quantitative estimate of drug-likeness (QED) is 0.603. The Bertz CT molecular complexity index is 837. The minimum absolute atomic E-state index is 0.121.